The Hall–Kier alpha value is -2.47. The molecule has 1 aliphatic heterocycles. The summed E-state index contributed by atoms with van der Waals surface area (Å²) < 4.78 is 14.8. The molecule has 0 aliphatic carbocycles. The van der Waals surface area contributed by atoms with Gasteiger partial charge in [0, 0.05) is 50.6 Å². The molecule has 118 valence electrons. The van der Waals surface area contributed by atoms with Crippen molar-refractivity contribution in [1.82, 2.24) is 19.9 Å². The van der Waals surface area contributed by atoms with Gasteiger partial charge in [-0.2, -0.15) is 5.10 Å². The first kappa shape index (κ1) is 14.1. The van der Waals surface area contributed by atoms with Gasteiger partial charge in [-0.15, -0.1) is 0 Å². The number of nitrogens with one attached hydrogen (secondary N) is 1. The van der Waals surface area contributed by atoms with Crippen LogP contribution in [-0.2, 0) is 6.42 Å². The van der Waals surface area contributed by atoms with Crippen molar-refractivity contribution in [2.45, 2.75) is 6.42 Å². The van der Waals surface area contributed by atoms with Crippen molar-refractivity contribution < 1.29 is 4.39 Å². The van der Waals surface area contributed by atoms with Crippen molar-refractivity contribution in [3.63, 3.8) is 0 Å². The number of pyridine rings is 1. The Morgan fingerprint density at radius 1 is 1.09 bits per heavy atom. The van der Waals surface area contributed by atoms with Crippen LogP contribution in [0.1, 0.15) is 11.4 Å². The normalized spacial score (nSPS) is 15.3. The van der Waals surface area contributed by atoms with Crippen LogP contribution in [0.4, 0.5) is 10.1 Å². The van der Waals surface area contributed by atoms with E-state index in [4.69, 9.17) is 0 Å². The molecule has 0 saturated carbocycles. The first-order valence-corrected chi connectivity index (χ1v) is 7.83. The number of halogens is 1. The van der Waals surface area contributed by atoms with Crippen LogP contribution in [0.3, 0.4) is 0 Å². The highest BCUT2D eigenvalue weighted by atomic mass is 19.1. The molecule has 23 heavy (non-hydrogen) atoms. The van der Waals surface area contributed by atoms with Crippen LogP contribution in [-0.4, -0.2) is 40.8 Å². The number of nitrogens with zero attached hydrogens (tertiary/aromatic N) is 4. The van der Waals surface area contributed by atoms with E-state index in [1.165, 1.54) is 17.8 Å². The number of anilines is 1. The van der Waals surface area contributed by atoms with Crippen LogP contribution in [0.25, 0.3) is 5.65 Å². The Balaban J connectivity index is 1.58. The summed E-state index contributed by atoms with van der Waals surface area (Å²) in [5.41, 5.74) is 3.03. The standard InChI is InChI=1S/C17H18FN5/c18-14-3-1-13(2-4-14)11-16-20-17-12-15(5-8-23(17)21-16)22-9-6-19-7-10-22/h1-5,8,12,19H,6-7,9-11H2. The van der Waals surface area contributed by atoms with Gasteiger partial charge in [0.2, 0.25) is 0 Å². The van der Waals surface area contributed by atoms with E-state index in [-0.39, 0.29) is 5.82 Å². The van der Waals surface area contributed by atoms with E-state index < -0.39 is 0 Å². The second kappa shape index (κ2) is 5.96. The number of hydrogen-bond acceptors (Lipinski definition) is 4. The lowest BCUT2D eigenvalue weighted by Crippen LogP contribution is -2.43. The van der Waals surface area contributed by atoms with Gasteiger partial charge in [-0.25, -0.2) is 13.9 Å². The zero-order valence-electron chi connectivity index (χ0n) is 12.7. The molecule has 0 bridgehead atoms. The number of piperazine rings is 1. The second-order valence-corrected chi connectivity index (χ2v) is 5.76. The quantitative estimate of drug-likeness (QED) is 0.802. The highest BCUT2D eigenvalue weighted by molar-refractivity contribution is 5.56. The molecule has 1 saturated heterocycles. The SMILES string of the molecule is Fc1ccc(Cc2nc3cc(N4CCNCC4)ccn3n2)cc1. The molecule has 0 radical (unpaired) electrons. The maximum absolute atomic E-state index is 13.0. The molecule has 1 aliphatic rings. The van der Waals surface area contributed by atoms with Gasteiger partial charge in [-0.05, 0) is 23.8 Å². The number of fused-ring (bicyclic) bond motifs is 1. The van der Waals surface area contributed by atoms with Crippen LogP contribution < -0.4 is 10.2 Å². The Bertz CT molecular complexity index is 805. The van der Waals surface area contributed by atoms with Gasteiger partial charge in [0.15, 0.2) is 11.5 Å². The summed E-state index contributed by atoms with van der Waals surface area (Å²) in [5, 5.41) is 7.85. The molecule has 1 aromatic carbocycles. The van der Waals surface area contributed by atoms with Crippen molar-refractivity contribution >= 4 is 11.3 Å². The van der Waals surface area contributed by atoms with Gasteiger partial charge in [0.1, 0.15) is 5.82 Å². The van der Waals surface area contributed by atoms with Gasteiger partial charge in [-0.1, -0.05) is 12.1 Å². The Morgan fingerprint density at radius 3 is 2.65 bits per heavy atom. The van der Waals surface area contributed by atoms with E-state index in [1.54, 1.807) is 16.6 Å². The molecule has 3 aromatic rings. The Labute approximate surface area is 133 Å². The third kappa shape index (κ3) is 3.03. The van der Waals surface area contributed by atoms with E-state index in [1.807, 2.05) is 6.20 Å². The van der Waals surface area contributed by atoms with Crippen molar-refractivity contribution in [2.75, 3.05) is 31.1 Å². The number of benzene rings is 1. The largest absolute Gasteiger partial charge is 0.369 e. The maximum Gasteiger partial charge on any atom is 0.157 e. The molecular weight excluding hydrogens is 293 g/mol. The average molecular weight is 311 g/mol. The molecule has 0 unspecified atom stereocenters. The molecule has 0 atom stereocenters. The fraction of sp³-hybridized carbons (Fsp3) is 0.294. The van der Waals surface area contributed by atoms with Crippen LogP contribution in [0.5, 0.6) is 0 Å². The third-order valence-electron chi connectivity index (χ3n) is 4.12. The van der Waals surface area contributed by atoms with Gasteiger partial charge in [0.05, 0.1) is 0 Å². The first-order valence-electron chi connectivity index (χ1n) is 7.83. The van der Waals surface area contributed by atoms with E-state index in [0.717, 1.165) is 43.2 Å². The highest BCUT2D eigenvalue weighted by Gasteiger charge is 2.12. The van der Waals surface area contributed by atoms with E-state index in [0.29, 0.717) is 6.42 Å². The van der Waals surface area contributed by atoms with Crippen LogP contribution >= 0.6 is 0 Å². The van der Waals surface area contributed by atoms with E-state index in [2.05, 4.69) is 32.4 Å². The van der Waals surface area contributed by atoms with Crippen molar-refractivity contribution in [3.8, 4) is 0 Å². The van der Waals surface area contributed by atoms with E-state index >= 15 is 0 Å². The zero-order chi connectivity index (χ0) is 15.6. The highest BCUT2D eigenvalue weighted by Crippen LogP contribution is 2.17. The zero-order valence-corrected chi connectivity index (χ0v) is 12.7. The number of rotatable bonds is 3. The first-order chi connectivity index (χ1) is 11.3. The molecule has 3 heterocycles. The smallest absolute Gasteiger partial charge is 0.157 e. The molecule has 6 heteroatoms. The molecule has 0 spiro atoms. The molecule has 5 nitrogen and oxygen atoms in total. The van der Waals surface area contributed by atoms with Gasteiger partial charge in [-0.3, -0.25) is 0 Å². The van der Waals surface area contributed by atoms with Crippen molar-refractivity contribution in [3.05, 3.63) is 59.8 Å². The van der Waals surface area contributed by atoms with Gasteiger partial charge >= 0.3 is 0 Å². The van der Waals surface area contributed by atoms with Crippen molar-refractivity contribution in [1.29, 1.82) is 0 Å². The fourth-order valence-corrected chi connectivity index (χ4v) is 2.90. The summed E-state index contributed by atoms with van der Waals surface area (Å²) in [7, 11) is 0. The second-order valence-electron chi connectivity index (χ2n) is 5.76. The van der Waals surface area contributed by atoms with Crippen molar-refractivity contribution in [2.24, 2.45) is 0 Å². The molecule has 1 fully saturated rings. The third-order valence-corrected chi connectivity index (χ3v) is 4.12. The molecular formula is C17H18FN5. The maximum atomic E-state index is 13.0. The predicted octanol–water partition coefficient (Wildman–Crippen LogP) is 1.87. The van der Waals surface area contributed by atoms with Crippen LogP contribution in [0.2, 0.25) is 0 Å². The molecule has 2 aromatic heterocycles. The minimum Gasteiger partial charge on any atom is -0.369 e. The van der Waals surface area contributed by atoms with Crippen LogP contribution in [0.15, 0.2) is 42.6 Å². The summed E-state index contributed by atoms with van der Waals surface area (Å²) >= 11 is 0. The topological polar surface area (TPSA) is 45.5 Å². The minimum atomic E-state index is -0.225. The summed E-state index contributed by atoms with van der Waals surface area (Å²) in [6.45, 7) is 4.03. The monoisotopic (exact) mass is 311 g/mol. The summed E-state index contributed by atoms with van der Waals surface area (Å²) in [5.74, 6) is 0.520. The molecule has 4 rings (SSSR count). The fourth-order valence-electron chi connectivity index (χ4n) is 2.90. The lowest BCUT2D eigenvalue weighted by atomic mass is 10.1. The van der Waals surface area contributed by atoms with Gasteiger partial charge in [0.25, 0.3) is 0 Å². The van der Waals surface area contributed by atoms with E-state index in [9.17, 15) is 4.39 Å². The predicted molar refractivity (Wildman–Crippen MR) is 87.3 cm³/mol. The summed E-state index contributed by atoms with van der Waals surface area (Å²) in [6, 6.07) is 10.6. The summed E-state index contributed by atoms with van der Waals surface area (Å²) in [6.07, 6.45) is 2.55. The number of aromatic nitrogens is 3. The molecule has 0 amide bonds. The Morgan fingerprint density at radius 2 is 1.87 bits per heavy atom. The van der Waals surface area contributed by atoms with Gasteiger partial charge < -0.3 is 10.2 Å². The lowest BCUT2D eigenvalue weighted by molar-refractivity contribution is 0.589. The summed E-state index contributed by atoms with van der Waals surface area (Å²) in [4.78, 5) is 6.95. The minimum absolute atomic E-state index is 0.225. The lowest BCUT2D eigenvalue weighted by Gasteiger charge is -2.29. The van der Waals surface area contributed by atoms with Crippen LogP contribution in [0, 0.1) is 5.82 Å². The number of hydrogen-bond donors (Lipinski definition) is 1. The Kier molecular flexibility index (Phi) is 3.67. The average Bonchev–Trinajstić information content (AvgIpc) is 2.99. The molecule has 1 N–H and O–H groups in total.